The summed E-state index contributed by atoms with van der Waals surface area (Å²) in [5, 5.41) is 0. The fourth-order valence-electron chi connectivity index (χ4n) is 3.93. The molecule has 0 aliphatic carbocycles. The third-order valence-corrected chi connectivity index (χ3v) is 5.50. The van der Waals surface area contributed by atoms with Gasteiger partial charge in [0.25, 0.3) is 5.91 Å². The van der Waals surface area contributed by atoms with Crippen molar-refractivity contribution in [1.82, 2.24) is 9.80 Å². The van der Waals surface area contributed by atoms with Gasteiger partial charge >= 0.3 is 0 Å². The molecule has 2 aliphatic rings. The number of ether oxygens (including phenoxy) is 1. The van der Waals surface area contributed by atoms with Gasteiger partial charge < -0.3 is 9.64 Å². The van der Waals surface area contributed by atoms with E-state index in [0.29, 0.717) is 25.7 Å². The zero-order chi connectivity index (χ0) is 19.0. The Hall–Kier alpha value is -2.31. The van der Waals surface area contributed by atoms with Crippen LogP contribution in [-0.2, 0) is 11.3 Å². The molecule has 4 nitrogen and oxygen atoms in total. The van der Waals surface area contributed by atoms with Crippen LogP contribution in [0, 0.1) is 11.6 Å². The lowest BCUT2D eigenvalue weighted by molar-refractivity contribution is -0.0950. The minimum atomic E-state index is -1.00. The van der Waals surface area contributed by atoms with Crippen molar-refractivity contribution in [3.8, 4) is 0 Å². The highest BCUT2D eigenvalue weighted by molar-refractivity contribution is 5.95. The highest BCUT2D eigenvalue weighted by Crippen LogP contribution is 2.37. The number of amides is 1. The number of hydrogen-bond donors (Lipinski definition) is 0. The molecule has 2 saturated heterocycles. The first kappa shape index (κ1) is 18.1. The molecule has 0 bridgehead atoms. The predicted molar refractivity (Wildman–Crippen MR) is 97.3 cm³/mol. The number of hydrogen-bond acceptors (Lipinski definition) is 3. The molecule has 6 heteroatoms. The highest BCUT2D eigenvalue weighted by Gasteiger charge is 2.52. The Morgan fingerprint density at radius 3 is 2.63 bits per heavy atom. The van der Waals surface area contributed by atoms with Gasteiger partial charge in [-0.15, -0.1) is 0 Å². The van der Waals surface area contributed by atoms with Crippen molar-refractivity contribution in [2.75, 3.05) is 26.7 Å². The lowest BCUT2D eigenvalue weighted by Crippen LogP contribution is -2.63. The average Bonchev–Trinajstić information content (AvgIpc) is 3.09. The standard InChI is InChI=1S/C21H22F2N2O2/c1-24(11-15-5-3-2-4-6-15)17-10-21(27-12-17)13-25(14-21)20(26)16-7-8-18(22)19(23)9-16/h2-9,17H,10-14H2,1H3. The molecule has 0 saturated carbocycles. The summed E-state index contributed by atoms with van der Waals surface area (Å²) in [6, 6.07) is 13.8. The summed E-state index contributed by atoms with van der Waals surface area (Å²) < 4.78 is 32.4. The van der Waals surface area contributed by atoms with Gasteiger partial charge in [-0.2, -0.15) is 0 Å². The van der Waals surface area contributed by atoms with Gasteiger partial charge in [-0.25, -0.2) is 8.78 Å². The maximum atomic E-state index is 13.4. The molecular weight excluding hydrogens is 350 g/mol. The number of carbonyl (C=O) groups is 1. The van der Waals surface area contributed by atoms with E-state index in [9.17, 15) is 13.6 Å². The molecule has 1 spiro atoms. The van der Waals surface area contributed by atoms with Gasteiger partial charge in [-0.05, 0) is 37.2 Å². The van der Waals surface area contributed by atoms with Gasteiger partial charge in [-0.3, -0.25) is 9.69 Å². The first-order valence-electron chi connectivity index (χ1n) is 9.08. The van der Waals surface area contributed by atoms with Gasteiger partial charge in [-0.1, -0.05) is 30.3 Å². The molecule has 2 aromatic carbocycles. The van der Waals surface area contributed by atoms with E-state index in [-0.39, 0.29) is 17.1 Å². The van der Waals surface area contributed by atoms with Crippen molar-refractivity contribution >= 4 is 5.91 Å². The molecule has 142 valence electrons. The molecule has 1 unspecified atom stereocenters. The van der Waals surface area contributed by atoms with Crippen LogP contribution in [0.4, 0.5) is 8.78 Å². The van der Waals surface area contributed by atoms with Crippen molar-refractivity contribution in [3.63, 3.8) is 0 Å². The Morgan fingerprint density at radius 2 is 1.93 bits per heavy atom. The number of benzene rings is 2. The fraction of sp³-hybridized carbons (Fsp3) is 0.381. The van der Waals surface area contributed by atoms with Gasteiger partial charge in [0.05, 0.1) is 19.7 Å². The summed E-state index contributed by atoms with van der Waals surface area (Å²) in [5.74, 6) is -2.24. The van der Waals surface area contributed by atoms with Crippen LogP contribution in [0.1, 0.15) is 22.3 Å². The largest absolute Gasteiger partial charge is 0.370 e. The first-order chi connectivity index (χ1) is 13.0. The predicted octanol–water partition coefficient (Wildman–Crippen LogP) is 3.08. The molecule has 2 heterocycles. The molecule has 0 radical (unpaired) electrons. The van der Waals surface area contributed by atoms with Crippen molar-refractivity contribution < 1.29 is 18.3 Å². The number of likely N-dealkylation sites (N-methyl/N-ethyl adjacent to an activating group) is 1. The third kappa shape index (κ3) is 3.59. The van der Waals surface area contributed by atoms with Crippen LogP contribution in [-0.4, -0.2) is 54.1 Å². The minimum absolute atomic E-state index is 0.166. The Morgan fingerprint density at radius 1 is 1.19 bits per heavy atom. The lowest BCUT2D eigenvalue weighted by atomic mass is 9.88. The van der Waals surface area contributed by atoms with Gasteiger partial charge in [0.15, 0.2) is 11.6 Å². The molecule has 2 fully saturated rings. The molecule has 2 aromatic rings. The molecule has 4 rings (SSSR count). The van der Waals surface area contributed by atoms with E-state index in [1.165, 1.54) is 11.6 Å². The Bertz CT molecular complexity index is 837. The number of halogens is 2. The van der Waals surface area contributed by atoms with Crippen molar-refractivity contribution in [2.45, 2.75) is 24.6 Å². The van der Waals surface area contributed by atoms with E-state index in [1.54, 1.807) is 4.90 Å². The van der Waals surface area contributed by atoms with Crippen molar-refractivity contribution in [1.29, 1.82) is 0 Å². The normalized spacial score (nSPS) is 20.9. The lowest BCUT2D eigenvalue weighted by Gasteiger charge is -2.47. The summed E-state index contributed by atoms with van der Waals surface area (Å²) in [7, 11) is 2.09. The third-order valence-electron chi connectivity index (χ3n) is 5.50. The summed E-state index contributed by atoms with van der Waals surface area (Å²) in [6.07, 6.45) is 0.859. The summed E-state index contributed by atoms with van der Waals surface area (Å²) in [4.78, 5) is 16.4. The quantitative estimate of drug-likeness (QED) is 0.827. The number of likely N-dealkylation sites (tertiary alicyclic amines) is 1. The minimum Gasteiger partial charge on any atom is -0.370 e. The Labute approximate surface area is 157 Å². The van der Waals surface area contributed by atoms with E-state index >= 15 is 0 Å². The SMILES string of the molecule is CN(Cc1ccccc1)C1COC2(C1)CN(C(=O)c1ccc(F)c(F)c1)C2. The number of rotatable bonds is 4. The van der Waals surface area contributed by atoms with Crippen LogP contribution in [0.25, 0.3) is 0 Å². The van der Waals surface area contributed by atoms with Crippen molar-refractivity contribution in [2.24, 2.45) is 0 Å². The molecule has 0 N–H and O–H groups in total. The van der Waals surface area contributed by atoms with Gasteiger partial charge in [0, 0.05) is 18.2 Å². The smallest absolute Gasteiger partial charge is 0.254 e. The van der Waals surface area contributed by atoms with Gasteiger partial charge in [0.1, 0.15) is 5.60 Å². The molecule has 2 aliphatic heterocycles. The van der Waals surface area contributed by atoms with Crippen LogP contribution in [0.15, 0.2) is 48.5 Å². The van der Waals surface area contributed by atoms with Crippen molar-refractivity contribution in [3.05, 3.63) is 71.3 Å². The van der Waals surface area contributed by atoms with Crippen LogP contribution < -0.4 is 0 Å². The second kappa shape index (κ2) is 7.02. The number of carbonyl (C=O) groups excluding carboxylic acids is 1. The first-order valence-corrected chi connectivity index (χ1v) is 9.08. The summed E-state index contributed by atoms with van der Waals surface area (Å²) >= 11 is 0. The highest BCUT2D eigenvalue weighted by atomic mass is 19.2. The maximum Gasteiger partial charge on any atom is 0.254 e. The molecular formula is C21H22F2N2O2. The number of nitrogens with zero attached hydrogens (tertiary/aromatic N) is 2. The monoisotopic (exact) mass is 372 g/mol. The van der Waals surface area contributed by atoms with E-state index < -0.39 is 11.6 Å². The zero-order valence-corrected chi connectivity index (χ0v) is 15.2. The van der Waals surface area contributed by atoms with E-state index in [1.807, 2.05) is 18.2 Å². The second-order valence-corrected chi connectivity index (χ2v) is 7.54. The van der Waals surface area contributed by atoms with Crippen LogP contribution >= 0.6 is 0 Å². The topological polar surface area (TPSA) is 32.8 Å². The fourth-order valence-corrected chi connectivity index (χ4v) is 3.93. The molecule has 1 amide bonds. The van der Waals surface area contributed by atoms with Crippen LogP contribution in [0.2, 0.25) is 0 Å². The molecule has 27 heavy (non-hydrogen) atoms. The van der Waals surface area contributed by atoms with E-state index in [0.717, 1.165) is 25.1 Å². The van der Waals surface area contributed by atoms with E-state index in [2.05, 4.69) is 24.1 Å². The van der Waals surface area contributed by atoms with E-state index in [4.69, 9.17) is 4.74 Å². The Kier molecular flexibility index (Phi) is 4.70. The maximum absolute atomic E-state index is 13.4. The van der Waals surface area contributed by atoms with Crippen LogP contribution in [0.3, 0.4) is 0 Å². The molecule has 0 aromatic heterocycles. The second-order valence-electron chi connectivity index (χ2n) is 7.54. The molecule has 1 atom stereocenters. The summed E-state index contributed by atoms with van der Waals surface area (Å²) in [5.41, 5.74) is 1.10. The summed E-state index contributed by atoms with van der Waals surface area (Å²) in [6.45, 7) is 2.46. The zero-order valence-electron chi connectivity index (χ0n) is 15.2. The average molecular weight is 372 g/mol. The van der Waals surface area contributed by atoms with Crippen LogP contribution in [0.5, 0.6) is 0 Å². The Balaban J connectivity index is 1.33. The van der Waals surface area contributed by atoms with Gasteiger partial charge in [0.2, 0.25) is 0 Å².